The first-order chi connectivity index (χ1) is 13.5. The first kappa shape index (κ1) is 18.8. The lowest BCUT2D eigenvalue weighted by atomic mass is 10.0. The second-order valence-electron chi connectivity index (χ2n) is 5.96. The van der Waals surface area contributed by atoms with Crippen molar-refractivity contribution in [3.8, 4) is 11.8 Å². The Kier molecular flexibility index (Phi) is 5.78. The van der Waals surface area contributed by atoms with E-state index in [1.165, 1.54) is 24.3 Å². The minimum atomic E-state index is -0.446. The molecule has 0 aliphatic rings. The van der Waals surface area contributed by atoms with Crippen LogP contribution in [0, 0.1) is 27.3 Å². The van der Waals surface area contributed by atoms with Crippen molar-refractivity contribution >= 4 is 17.3 Å². The van der Waals surface area contributed by atoms with Gasteiger partial charge >= 0.3 is 0 Å². The molecule has 3 aromatic rings. The third kappa shape index (κ3) is 4.80. The van der Waals surface area contributed by atoms with Crippen LogP contribution in [0.2, 0.25) is 0 Å². The number of non-ortho nitro benzene ring substituents is 1. The standard InChI is InChI=1S/C22H15FN2O3/c23-20-7-5-18(6-8-20)19(14-24)13-16-3-11-22(12-4-16)28-15-17-1-9-21(10-2-17)25(26)27/h1-13H,15H2/b19-13-. The zero-order chi connectivity index (χ0) is 19.9. The monoisotopic (exact) mass is 374 g/mol. The number of halogens is 1. The molecule has 0 fully saturated rings. The molecule has 0 N–H and O–H groups in total. The summed E-state index contributed by atoms with van der Waals surface area (Å²) in [5, 5.41) is 20.0. The Morgan fingerprint density at radius 1 is 1.04 bits per heavy atom. The van der Waals surface area contributed by atoms with Gasteiger partial charge in [0.15, 0.2) is 0 Å². The number of nitriles is 1. The molecule has 0 saturated heterocycles. The lowest BCUT2D eigenvalue weighted by Gasteiger charge is -2.07. The molecule has 0 aliphatic heterocycles. The van der Waals surface area contributed by atoms with E-state index in [2.05, 4.69) is 6.07 Å². The molecular formula is C22H15FN2O3. The fourth-order valence-electron chi connectivity index (χ4n) is 2.52. The summed E-state index contributed by atoms with van der Waals surface area (Å²) >= 11 is 0. The zero-order valence-corrected chi connectivity index (χ0v) is 14.7. The zero-order valence-electron chi connectivity index (χ0n) is 14.7. The summed E-state index contributed by atoms with van der Waals surface area (Å²) in [4.78, 5) is 10.2. The molecule has 138 valence electrons. The molecular weight excluding hydrogens is 359 g/mol. The van der Waals surface area contributed by atoms with Crippen molar-refractivity contribution in [1.82, 2.24) is 0 Å². The minimum Gasteiger partial charge on any atom is -0.489 e. The minimum absolute atomic E-state index is 0.0364. The van der Waals surface area contributed by atoms with Gasteiger partial charge < -0.3 is 4.74 Å². The van der Waals surface area contributed by atoms with Gasteiger partial charge in [-0.05, 0) is 59.2 Å². The third-order valence-electron chi connectivity index (χ3n) is 4.02. The Bertz CT molecular complexity index is 1040. The van der Waals surface area contributed by atoms with Crippen LogP contribution in [0.25, 0.3) is 11.6 Å². The number of nitro benzene ring substituents is 1. The maximum Gasteiger partial charge on any atom is 0.269 e. The van der Waals surface area contributed by atoms with Crippen molar-refractivity contribution in [2.24, 2.45) is 0 Å². The number of nitrogens with zero attached hydrogens (tertiary/aromatic N) is 2. The van der Waals surface area contributed by atoms with Crippen molar-refractivity contribution in [3.63, 3.8) is 0 Å². The maximum atomic E-state index is 13.0. The van der Waals surface area contributed by atoms with Gasteiger partial charge in [0.25, 0.3) is 5.69 Å². The van der Waals surface area contributed by atoms with E-state index >= 15 is 0 Å². The Morgan fingerprint density at radius 3 is 2.25 bits per heavy atom. The summed E-state index contributed by atoms with van der Waals surface area (Å²) in [7, 11) is 0. The van der Waals surface area contributed by atoms with Crippen LogP contribution in [-0.2, 0) is 6.61 Å². The molecule has 28 heavy (non-hydrogen) atoms. The van der Waals surface area contributed by atoms with Gasteiger partial charge in [0.1, 0.15) is 18.2 Å². The second-order valence-corrected chi connectivity index (χ2v) is 5.96. The number of rotatable bonds is 6. The Hall–Kier alpha value is -3.98. The lowest BCUT2D eigenvalue weighted by Crippen LogP contribution is -1.96. The van der Waals surface area contributed by atoms with Crippen LogP contribution in [0.3, 0.4) is 0 Å². The molecule has 6 heteroatoms. The van der Waals surface area contributed by atoms with Gasteiger partial charge in [-0.15, -0.1) is 0 Å². The largest absolute Gasteiger partial charge is 0.489 e. The Balaban J connectivity index is 1.66. The summed E-state index contributed by atoms with van der Waals surface area (Å²) in [5.41, 5.74) is 2.73. The van der Waals surface area contributed by atoms with Gasteiger partial charge in [-0.1, -0.05) is 24.3 Å². The van der Waals surface area contributed by atoms with Gasteiger partial charge in [0.05, 0.1) is 16.6 Å². The number of ether oxygens (including phenoxy) is 1. The molecule has 5 nitrogen and oxygen atoms in total. The SMILES string of the molecule is N#C/C(=C/c1ccc(OCc2ccc([N+](=O)[O-])cc2)cc1)c1ccc(F)cc1. The van der Waals surface area contributed by atoms with E-state index in [0.717, 1.165) is 11.1 Å². The highest BCUT2D eigenvalue weighted by atomic mass is 19.1. The highest BCUT2D eigenvalue weighted by Gasteiger charge is 2.05. The predicted molar refractivity (Wildman–Crippen MR) is 104 cm³/mol. The average Bonchev–Trinajstić information content (AvgIpc) is 2.72. The molecule has 0 heterocycles. The summed E-state index contributed by atoms with van der Waals surface area (Å²) < 4.78 is 18.7. The van der Waals surface area contributed by atoms with Crippen LogP contribution in [0.15, 0.2) is 72.8 Å². The van der Waals surface area contributed by atoms with Gasteiger partial charge in [0.2, 0.25) is 0 Å². The highest BCUT2D eigenvalue weighted by Crippen LogP contribution is 2.21. The second kappa shape index (κ2) is 8.60. The quantitative estimate of drug-likeness (QED) is 0.251. The van der Waals surface area contributed by atoms with Crippen molar-refractivity contribution in [3.05, 3.63) is 105 Å². The summed E-state index contributed by atoms with van der Waals surface area (Å²) in [6.07, 6.45) is 1.72. The number of benzene rings is 3. The van der Waals surface area contributed by atoms with Gasteiger partial charge in [0, 0.05) is 12.1 Å². The normalized spacial score (nSPS) is 10.9. The maximum absolute atomic E-state index is 13.0. The summed E-state index contributed by atoms with van der Waals surface area (Å²) in [6, 6.07) is 21.2. The van der Waals surface area contributed by atoms with Crippen LogP contribution in [0.1, 0.15) is 16.7 Å². The number of nitro groups is 1. The molecule has 0 bridgehead atoms. The van der Waals surface area contributed by atoms with Crippen molar-refractivity contribution < 1.29 is 14.1 Å². The van der Waals surface area contributed by atoms with Crippen LogP contribution in [0.4, 0.5) is 10.1 Å². The number of allylic oxidation sites excluding steroid dienone is 1. The van der Waals surface area contributed by atoms with E-state index in [-0.39, 0.29) is 18.1 Å². The molecule has 0 amide bonds. The first-order valence-corrected chi connectivity index (χ1v) is 8.39. The molecule has 0 spiro atoms. The fourth-order valence-corrected chi connectivity index (χ4v) is 2.52. The third-order valence-corrected chi connectivity index (χ3v) is 4.02. The van der Waals surface area contributed by atoms with E-state index in [9.17, 15) is 19.8 Å². The predicted octanol–water partition coefficient (Wildman–Crippen LogP) is 5.38. The van der Waals surface area contributed by atoms with Crippen molar-refractivity contribution in [1.29, 1.82) is 5.26 Å². The molecule has 0 aromatic heterocycles. The van der Waals surface area contributed by atoms with Crippen molar-refractivity contribution in [2.75, 3.05) is 0 Å². The smallest absolute Gasteiger partial charge is 0.269 e. The van der Waals surface area contributed by atoms with E-state index in [4.69, 9.17) is 4.74 Å². The number of hydrogen-bond donors (Lipinski definition) is 0. The lowest BCUT2D eigenvalue weighted by molar-refractivity contribution is -0.384. The van der Waals surface area contributed by atoms with Crippen LogP contribution >= 0.6 is 0 Å². The van der Waals surface area contributed by atoms with Gasteiger partial charge in [-0.2, -0.15) is 5.26 Å². The average molecular weight is 374 g/mol. The van der Waals surface area contributed by atoms with E-state index in [1.807, 2.05) is 12.1 Å². The highest BCUT2D eigenvalue weighted by molar-refractivity contribution is 5.89. The van der Waals surface area contributed by atoms with E-state index in [0.29, 0.717) is 16.9 Å². The van der Waals surface area contributed by atoms with Gasteiger partial charge in [-0.3, -0.25) is 10.1 Å². The van der Waals surface area contributed by atoms with Crippen molar-refractivity contribution in [2.45, 2.75) is 6.61 Å². The molecule has 3 rings (SSSR count). The molecule has 0 radical (unpaired) electrons. The van der Waals surface area contributed by atoms with Crippen LogP contribution in [-0.4, -0.2) is 4.92 Å². The summed E-state index contributed by atoms with van der Waals surface area (Å²) in [6.45, 7) is 0.284. The molecule has 3 aromatic carbocycles. The van der Waals surface area contributed by atoms with E-state index < -0.39 is 4.92 Å². The Labute approximate surface area is 161 Å². The fraction of sp³-hybridized carbons (Fsp3) is 0.0455. The number of hydrogen-bond acceptors (Lipinski definition) is 4. The van der Waals surface area contributed by atoms with Crippen LogP contribution < -0.4 is 4.74 Å². The van der Waals surface area contributed by atoms with E-state index in [1.54, 1.807) is 42.5 Å². The van der Waals surface area contributed by atoms with Gasteiger partial charge in [-0.25, -0.2) is 4.39 Å². The molecule has 0 atom stereocenters. The molecule has 0 unspecified atom stereocenters. The Morgan fingerprint density at radius 2 is 1.68 bits per heavy atom. The summed E-state index contributed by atoms with van der Waals surface area (Å²) in [5.74, 6) is 0.284. The van der Waals surface area contributed by atoms with Crippen LogP contribution in [0.5, 0.6) is 5.75 Å². The first-order valence-electron chi connectivity index (χ1n) is 8.39. The molecule has 0 saturated carbocycles. The topological polar surface area (TPSA) is 76.2 Å². The molecule has 0 aliphatic carbocycles.